The van der Waals surface area contributed by atoms with Gasteiger partial charge in [-0.15, -0.1) is 0 Å². The van der Waals surface area contributed by atoms with Gasteiger partial charge in [0.25, 0.3) is 0 Å². The second-order valence-corrected chi connectivity index (χ2v) is 3.82. The normalized spacial score (nSPS) is 13.6. The fourth-order valence-electron chi connectivity index (χ4n) is 1.46. The van der Waals surface area contributed by atoms with Crippen molar-refractivity contribution < 1.29 is 39.9 Å². The van der Waals surface area contributed by atoms with E-state index in [1.807, 2.05) is 0 Å². The third-order valence-electron chi connectivity index (χ3n) is 2.34. The molecule has 0 radical (unpaired) electrons. The lowest BCUT2D eigenvalue weighted by molar-refractivity contribution is -0.291. The maximum absolute atomic E-state index is 13.3. The van der Waals surface area contributed by atoms with Crippen molar-refractivity contribution in [3.8, 4) is 0 Å². The standard InChI is InChI=1S/C9H7F8N3O/c10-7(11,9(15,16)17)5-4(1-2-18)19-3-20(5)6(21)8(12,13)14/h3H,1-2,18H2. The zero-order valence-electron chi connectivity index (χ0n) is 9.90. The van der Waals surface area contributed by atoms with Crippen LogP contribution in [0.1, 0.15) is 16.2 Å². The van der Waals surface area contributed by atoms with Gasteiger partial charge >= 0.3 is 24.2 Å². The van der Waals surface area contributed by atoms with Gasteiger partial charge in [-0.1, -0.05) is 0 Å². The molecule has 0 amide bonds. The van der Waals surface area contributed by atoms with Crippen molar-refractivity contribution in [2.75, 3.05) is 6.54 Å². The predicted molar refractivity (Wildman–Crippen MR) is 51.6 cm³/mol. The molecule has 0 aromatic carbocycles. The molecule has 1 rings (SSSR count). The molecule has 2 N–H and O–H groups in total. The molecule has 12 heteroatoms. The number of rotatable bonds is 3. The van der Waals surface area contributed by atoms with Crippen molar-refractivity contribution in [2.24, 2.45) is 5.73 Å². The first-order chi connectivity index (χ1) is 9.34. The molecule has 21 heavy (non-hydrogen) atoms. The molecule has 4 nitrogen and oxygen atoms in total. The zero-order chi connectivity index (χ0) is 16.6. The van der Waals surface area contributed by atoms with E-state index in [1.165, 1.54) is 0 Å². The second kappa shape index (κ2) is 5.24. The minimum atomic E-state index is -6.19. The van der Waals surface area contributed by atoms with Crippen LogP contribution in [-0.2, 0) is 12.3 Å². The summed E-state index contributed by atoms with van der Waals surface area (Å²) in [5.41, 5.74) is 1.76. The highest BCUT2D eigenvalue weighted by atomic mass is 19.4. The summed E-state index contributed by atoms with van der Waals surface area (Å²) in [6.45, 7) is -0.446. The van der Waals surface area contributed by atoms with Crippen LogP contribution in [0.25, 0.3) is 0 Å². The van der Waals surface area contributed by atoms with Crippen molar-refractivity contribution in [3.63, 3.8) is 0 Å². The van der Waals surface area contributed by atoms with Crippen LogP contribution in [0.3, 0.4) is 0 Å². The van der Waals surface area contributed by atoms with Gasteiger partial charge in [-0.2, -0.15) is 35.1 Å². The van der Waals surface area contributed by atoms with Crippen molar-refractivity contribution >= 4 is 5.91 Å². The van der Waals surface area contributed by atoms with Crippen LogP contribution in [0.2, 0.25) is 0 Å². The molecule has 0 saturated heterocycles. The Bertz CT molecular complexity index is 530. The molecule has 0 saturated carbocycles. The molecule has 1 aromatic rings. The van der Waals surface area contributed by atoms with Gasteiger partial charge in [0.05, 0.1) is 5.69 Å². The molecular formula is C9H7F8N3O. The van der Waals surface area contributed by atoms with E-state index < -0.39 is 53.1 Å². The molecular weight excluding hydrogens is 318 g/mol. The number of carbonyl (C=O) groups is 1. The van der Waals surface area contributed by atoms with Crippen LogP contribution in [0, 0.1) is 0 Å². The number of carbonyl (C=O) groups excluding carboxylic acids is 1. The first-order valence-electron chi connectivity index (χ1n) is 5.17. The number of nitrogens with zero attached hydrogens (tertiary/aromatic N) is 2. The molecule has 0 fully saturated rings. The van der Waals surface area contributed by atoms with Gasteiger partial charge < -0.3 is 5.73 Å². The Morgan fingerprint density at radius 2 is 1.67 bits per heavy atom. The Hall–Kier alpha value is -1.72. The zero-order valence-corrected chi connectivity index (χ0v) is 9.90. The lowest BCUT2D eigenvalue weighted by atomic mass is 10.1. The number of hydrogen-bond acceptors (Lipinski definition) is 3. The van der Waals surface area contributed by atoms with Crippen molar-refractivity contribution in [3.05, 3.63) is 17.7 Å². The Morgan fingerprint density at radius 1 is 1.14 bits per heavy atom. The van der Waals surface area contributed by atoms with Crippen LogP contribution in [-0.4, -0.2) is 34.4 Å². The van der Waals surface area contributed by atoms with Gasteiger partial charge in [0, 0.05) is 6.42 Å². The molecule has 0 unspecified atom stereocenters. The average molecular weight is 325 g/mol. The summed E-state index contributed by atoms with van der Waals surface area (Å²) in [6, 6.07) is 0. The number of alkyl halides is 8. The van der Waals surface area contributed by atoms with E-state index in [0.717, 1.165) is 0 Å². The molecule has 1 heterocycles. The summed E-state index contributed by atoms with van der Waals surface area (Å²) in [7, 11) is 0. The molecule has 0 spiro atoms. The Balaban J connectivity index is 3.54. The van der Waals surface area contributed by atoms with Gasteiger partial charge in [-0.25, -0.2) is 4.98 Å². The van der Waals surface area contributed by atoms with Crippen molar-refractivity contribution in [1.29, 1.82) is 0 Å². The van der Waals surface area contributed by atoms with Gasteiger partial charge in [-0.05, 0) is 6.54 Å². The van der Waals surface area contributed by atoms with E-state index in [0.29, 0.717) is 0 Å². The number of hydrogen-bond donors (Lipinski definition) is 1. The maximum Gasteiger partial charge on any atom is 0.472 e. The topological polar surface area (TPSA) is 60.9 Å². The monoisotopic (exact) mass is 325 g/mol. The fourth-order valence-corrected chi connectivity index (χ4v) is 1.46. The van der Waals surface area contributed by atoms with Gasteiger partial charge in [0.15, 0.2) is 0 Å². The minimum absolute atomic E-state index is 0.0319. The molecule has 0 aliphatic rings. The van der Waals surface area contributed by atoms with E-state index in [2.05, 4.69) is 4.98 Å². The van der Waals surface area contributed by atoms with Crippen LogP contribution in [0.15, 0.2) is 6.33 Å². The summed E-state index contributed by atoms with van der Waals surface area (Å²) in [5, 5.41) is 0. The van der Waals surface area contributed by atoms with E-state index >= 15 is 0 Å². The third-order valence-corrected chi connectivity index (χ3v) is 2.34. The van der Waals surface area contributed by atoms with Gasteiger partial charge in [0.2, 0.25) is 0 Å². The number of nitrogens with two attached hydrogens (primary N) is 1. The SMILES string of the molecule is NCCc1ncn(C(=O)C(F)(F)F)c1C(F)(F)C(F)(F)F. The molecule has 1 aromatic heterocycles. The molecule has 0 bridgehead atoms. The highest BCUT2D eigenvalue weighted by Gasteiger charge is 2.62. The second-order valence-electron chi connectivity index (χ2n) is 3.82. The summed E-state index contributed by atoms with van der Waals surface area (Å²) < 4.78 is 99.6. The van der Waals surface area contributed by atoms with Crippen LogP contribution in [0.5, 0.6) is 0 Å². The average Bonchev–Trinajstić information content (AvgIpc) is 2.69. The number of imidazole rings is 1. The maximum atomic E-state index is 13.3. The molecule has 0 aliphatic heterocycles. The molecule has 0 atom stereocenters. The van der Waals surface area contributed by atoms with Crippen LogP contribution < -0.4 is 5.73 Å². The van der Waals surface area contributed by atoms with Crippen LogP contribution in [0.4, 0.5) is 35.1 Å². The van der Waals surface area contributed by atoms with E-state index in [-0.39, 0.29) is 6.33 Å². The third kappa shape index (κ3) is 3.14. The Morgan fingerprint density at radius 3 is 2.05 bits per heavy atom. The molecule has 0 aliphatic carbocycles. The molecule has 120 valence electrons. The summed E-state index contributed by atoms with van der Waals surface area (Å²) in [4.78, 5) is 13.9. The number of halogens is 8. The predicted octanol–water partition coefficient (Wildman–Crippen LogP) is 2.24. The minimum Gasteiger partial charge on any atom is -0.330 e. The highest BCUT2D eigenvalue weighted by molar-refractivity contribution is 5.85. The van der Waals surface area contributed by atoms with E-state index in [4.69, 9.17) is 5.73 Å². The van der Waals surface area contributed by atoms with Crippen molar-refractivity contribution in [2.45, 2.75) is 24.7 Å². The Kier molecular flexibility index (Phi) is 4.32. The number of aromatic nitrogens is 2. The summed E-state index contributed by atoms with van der Waals surface area (Å²) in [6.07, 6.45) is -12.5. The lowest BCUT2D eigenvalue weighted by Gasteiger charge is -2.22. The highest BCUT2D eigenvalue weighted by Crippen LogP contribution is 2.45. The van der Waals surface area contributed by atoms with Gasteiger partial charge in [0.1, 0.15) is 12.0 Å². The largest absolute Gasteiger partial charge is 0.472 e. The summed E-state index contributed by atoms with van der Waals surface area (Å²) in [5.74, 6) is -8.59. The van der Waals surface area contributed by atoms with Crippen LogP contribution >= 0.6 is 0 Å². The first-order valence-corrected chi connectivity index (χ1v) is 5.17. The smallest absolute Gasteiger partial charge is 0.330 e. The van der Waals surface area contributed by atoms with Crippen molar-refractivity contribution in [1.82, 2.24) is 9.55 Å². The first kappa shape index (κ1) is 17.3. The van der Waals surface area contributed by atoms with Gasteiger partial charge in [-0.3, -0.25) is 9.36 Å². The van der Waals surface area contributed by atoms with E-state index in [9.17, 15) is 39.9 Å². The lowest BCUT2D eigenvalue weighted by Crippen LogP contribution is -2.40. The van der Waals surface area contributed by atoms with E-state index in [1.54, 1.807) is 0 Å². The Labute approximate surface area is 111 Å². The summed E-state index contributed by atoms with van der Waals surface area (Å²) >= 11 is 0. The quantitative estimate of drug-likeness (QED) is 0.867. The fraction of sp³-hybridized carbons (Fsp3) is 0.556.